The summed E-state index contributed by atoms with van der Waals surface area (Å²) in [7, 11) is 0. The van der Waals surface area contributed by atoms with Crippen molar-refractivity contribution >= 4 is 17.3 Å². The average molecular weight is 212 g/mol. The Morgan fingerprint density at radius 2 is 2.57 bits per heavy atom. The molecule has 0 aromatic carbocycles. The summed E-state index contributed by atoms with van der Waals surface area (Å²) in [5.74, 6) is 0.172. The first-order chi connectivity index (χ1) is 6.81. The van der Waals surface area contributed by atoms with Gasteiger partial charge in [0, 0.05) is 24.4 Å². The predicted octanol–water partition coefficient (Wildman–Crippen LogP) is 1.01. The molecule has 0 radical (unpaired) electrons. The maximum atomic E-state index is 11.3. The summed E-state index contributed by atoms with van der Waals surface area (Å²) in [6.45, 7) is 4.12. The van der Waals surface area contributed by atoms with Gasteiger partial charge in [0.15, 0.2) is 0 Å². The molecule has 2 rings (SSSR count). The van der Waals surface area contributed by atoms with E-state index in [0.29, 0.717) is 17.5 Å². The molecule has 1 N–H and O–H groups in total. The first-order valence-electron chi connectivity index (χ1n) is 4.64. The molecular weight excluding hydrogens is 200 g/mol. The second-order valence-corrected chi connectivity index (χ2v) is 4.01. The van der Waals surface area contributed by atoms with E-state index >= 15 is 0 Å². The molecule has 4 nitrogen and oxygen atoms in total. The third-order valence-electron chi connectivity index (χ3n) is 2.17. The minimum atomic E-state index is -0.309. The lowest BCUT2D eigenvalue weighted by molar-refractivity contribution is 0.0525. The molecule has 0 atom stereocenters. The first-order valence-corrected chi connectivity index (χ1v) is 5.52. The minimum Gasteiger partial charge on any atom is -0.461 e. The van der Waals surface area contributed by atoms with Crippen LogP contribution in [0.4, 0.5) is 0 Å². The summed E-state index contributed by atoms with van der Waals surface area (Å²) in [4.78, 5) is 15.6. The number of rotatable bonds is 3. The number of esters is 1. The van der Waals surface area contributed by atoms with Crippen LogP contribution < -0.4 is 5.32 Å². The molecule has 14 heavy (non-hydrogen) atoms. The van der Waals surface area contributed by atoms with E-state index in [1.165, 1.54) is 11.3 Å². The topological polar surface area (TPSA) is 51.2 Å². The van der Waals surface area contributed by atoms with Crippen LogP contribution in [0.1, 0.15) is 28.3 Å². The highest BCUT2D eigenvalue weighted by atomic mass is 32.1. The lowest BCUT2D eigenvalue weighted by Gasteiger charge is -2.24. The summed E-state index contributed by atoms with van der Waals surface area (Å²) < 4.78 is 4.87. The van der Waals surface area contributed by atoms with E-state index in [2.05, 4.69) is 10.3 Å². The molecular formula is C9H12N2O2S. The largest absolute Gasteiger partial charge is 0.461 e. The number of thiazole rings is 1. The van der Waals surface area contributed by atoms with Gasteiger partial charge in [-0.05, 0) is 6.92 Å². The minimum absolute atomic E-state index is 0.309. The Balaban J connectivity index is 2.05. The standard InChI is InChI=1S/C9H12N2O2S/c1-2-13-9(12)8-11-7(5-14-8)6-3-10-4-6/h5-6,10H,2-4H2,1H3. The van der Waals surface area contributed by atoms with Crippen LogP contribution in [0.25, 0.3) is 0 Å². The van der Waals surface area contributed by atoms with E-state index < -0.39 is 0 Å². The summed E-state index contributed by atoms with van der Waals surface area (Å²) >= 11 is 1.36. The molecule has 1 aromatic heterocycles. The molecule has 0 bridgehead atoms. The normalized spacial score (nSPS) is 16.4. The number of aromatic nitrogens is 1. The van der Waals surface area contributed by atoms with Crippen LogP contribution in [0, 0.1) is 0 Å². The van der Waals surface area contributed by atoms with E-state index in [0.717, 1.165) is 18.8 Å². The second-order valence-electron chi connectivity index (χ2n) is 3.15. The number of hydrogen-bond acceptors (Lipinski definition) is 5. The predicted molar refractivity (Wildman–Crippen MR) is 53.7 cm³/mol. The molecule has 5 heteroatoms. The van der Waals surface area contributed by atoms with Crippen LogP contribution in [-0.4, -0.2) is 30.6 Å². The zero-order valence-electron chi connectivity index (χ0n) is 7.95. The molecule has 1 aliphatic rings. The summed E-state index contributed by atoms with van der Waals surface area (Å²) in [5.41, 5.74) is 1.01. The lowest BCUT2D eigenvalue weighted by Crippen LogP contribution is -2.40. The average Bonchev–Trinajstić information content (AvgIpc) is 2.50. The van der Waals surface area contributed by atoms with Crippen molar-refractivity contribution < 1.29 is 9.53 Å². The van der Waals surface area contributed by atoms with Gasteiger partial charge in [-0.2, -0.15) is 0 Å². The highest BCUT2D eigenvalue weighted by Gasteiger charge is 2.23. The van der Waals surface area contributed by atoms with Crippen molar-refractivity contribution in [3.05, 3.63) is 16.1 Å². The molecule has 1 aliphatic heterocycles. The molecule has 76 valence electrons. The van der Waals surface area contributed by atoms with Gasteiger partial charge in [-0.1, -0.05) is 0 Å². The van der Waals surface area contributed by atoms with E-state index in [4.69, 9.17) is 4.74 Å². The third kappa shape index (κ3) is 1.78. The molecule has 0 amide bonds. The second kappa shape index (κ2) is 4.06. The van der Waals surface area contributed by atoms with Crippen molar-refractivity contribution in [1.82, 2.24) is 10.3 Å². The number of carbonyl (C=O) groups excluding carboxylic acids is 1. The molecule has 1 aromatic rings. The van der Waals surface area contributed by atoms with Crippen LogP contribution in [0.3, 0.4) is 0 Å². The maximum absolute atomic E-state index is 11.3. The Morgan fingerprint density at radius 1 is 1.79 bits per heavy atom. The van der Waals surface area contributed by atoms with E-state index in [1.54, 1.807) is 6.92 Å². The highest BCUT2D eigenvalue weighted by Crippen LogP contribution is 2.22. The fraction of sp³-hybridized carbons (Fsp3) is 0.556. The van der Waals surface area contributed by atoms with Gasteiger partial charge in [0.1, 0.15) is 0 Å². The zero-order valence-corrected chi connectivity index (χ0v) is 8.76. The van der Waals surface area contributed by atoms with E-state index in [9.17, 15) is 4.79 Å². The summed E-state index contributed by atoms with van der Waals surface area (Å²) in [5, 5.41) is 5.58. The molecule has 1 fully saturated rings. The van der Waals surface area contributed by atoms with Gasteiger partial charge in [0.25, 0.3) is 0 Å². The van der Waals surface area contributed by atoms with Gasteiger partial charge >= 0.3 is 5.97 Å². The Labute approximate surface area is 86.3 Å². The van der Waals surface area contributed by atoms with Gasteiger partial charge in [-0.3, -0.25) is 0 Å². The Hall–Kier alpha value is -0.940. The molecule has 0 aliphatic carbocycles. The first kappa shape index (κ1) is 9.61. The third-order valence-corrected chi connectivity index (χ3v) is 3.01. The van der Waals surface area contributed by atoms with Crippen LogP contribution in [0.5, 0.6) is 0 Å². The highest BCUT2D eigenvalue weighted by molar-refractivity contribution is 7.11. The summed E-state index contributed by atoms with van der Waals surface area (Å²) in [6, 6.07) is 0. The van der Waals surface area contributed by atoms with Crippen molar-refractivity contribution in [2.75, 3.05) is 19.7 Å². The van der Waals surface area contributed by atoms with Crippen LogP contribution in [0.15, 0.2) is 5.38 Å². The molecule has 0 spiro atoms. The summed E-state index contributed by atoms with van der Waals surface area (Å²) in [6.07, 6.45) is 0. The maximum Gasteiger partial charge on any atom is 0.367 e. The monoisotopic (exact) mass is 212 g/mol. The van der Waals surface area contributed by atoms with E-state index in [1.807, 2.05) is 5.38 Å². The number of nitrogens with zero attached hydrogens (tertiary/aromatic N) is 1. The number of hydrogen-bond donors (Lipinski definition) is 1. The number of carbonyl (C=O) groups is 1. The fourth-order valence-corrected chi connectivity index (χ4v) is 2.05. The zero-order chi connectivity index (χ0) is 9.97. The number of ether oxygens (including phenoxy) is 1. The van der Waals surface area contributed by atoms with Crippen LogP contribution in [-0.2, 0) is 4.74 Å². The Kier molecular flexibility index (Phi) is 2.79. The van der Waals surface area contributed by atoms with Crippen molar-refractivity contribution in [2.24, 2.45) is 0 Å². The van der Waals surface area contributed by atoms with Crippen LogP contribution >= 0.6 is 11.3 Å². The Bertz CT molecular complexity index is 333. The molecule has 1 saturated heterocycles. The van der Waals surface area contributed by atoms with Gasteiger partial charge in [0.05, 0.1) is 12.3 Å². The van der Waals surface area contributed by atoms with Gasteiger partial charge < -0.3 is 10.1 Å². The number of nitrogens with one attached hydrogen (secondary N) is 1. The van der Waals surface area contributed by atoms with Crippen molar-refractivity contribution in [1.29, 1.82) is 0 Å². The molecule has 2 heterocycles. The van der Waals surface area contributed by atoms with Crippen molar-refractivity contribution in [3.8, 4) is 0 Å². The fourth-order valence-electron chi connectivity index (χ4n) is 1.26. The molecule has 0 unspecified atom stereocenters. The van der Waals surface area contributed by atoms with Gasteiger partial charge in [0.2, 0.25) is 5.01 Å². The quantitative estimate of drug-likeness (QED) is 0.760. The van der Waals surface area contributed by atoms with E-state index in [-0.39, 0.29) is 5.97 Å². The van der Waals surface area contributed by atoms with Gasteiger partial charge in [-0.25, -0.2) is 9.78 Å². The lowest BCUT2D eigenvalue weighted by atomic mass is 10.0. The van der Waals surface area contributed by atoms with Gasteiger partial charge in [-0.15, -0.1) is 11.3 Å². The SMILES string of the molecule is CCOC(=O)c1nc(C2CNC2)cs1. The van der Waals surface area contributed by atoms with Crippen LogP contribution in [0.2, 0.25) is 0 Å². The Morgan fingerprint density at radius 3 is 3.14 bits per heavy atom. The molecule has 0 saturated carbocycles. The smallest absolute Gasteiger partial charge is 0.367 e. The van der Waals surface area contributed by atoms with Crippen molar-refractivity contribution in [2.45, 2.75) is 12.8 Å². The van der Waals surface area contributed by atoms with Crippen molar-refractivity contribution in [3.63, 3.8) is 0 Å².